The minimum Gasteiger partial charge on any atom is -0.394 e. The molecule has 0 saturated carbocycles. The molecule has 2 N–H and O–H groups in total. The van der Waals surface area contributed by atoms with Gasteiger partial charge in [-0.3, -0.25) is 0 Å². The lowest BCUT2D eigenvalue weighted by molar-refractivity contribution is 0.276. The van der Waals surface area contributed by atoms with Crippen molar-refractivity contribution in [1.29, 1.82) is 0 Å². The summed E-state index contributed by atoms with van der Waals surface area (Å²) in [7, 11) is 0. The number of rotatable bonds is 5. The third-order valence-electron chi connectivity index (χ3n) is 3.40. The second-order valence-electron chi connectivity index (χ2n) is 4.96. The standard InChI is InChI=1S/C17H14ClFN2OS/c18-13-7-6-12(8-14(13)19)15(9-22)20-17-21-16(10-23-17)11-4-2-1-3-5-11/h1-8,10,15,22H,9H2,(H,20,21). The van der Waals surface area contributed by atoms with Crippen molar-refractivity contribution in [2.45, 2.75) is 6.04 Å². The number of anilines is 1. The summed E-state index contributed by atoms with van der Waals surface area (Å²) in [6, 6.07) is 13.9. The summed E-state index contributed by atoms with van der Waals surface area (Å²) in [5, 5.41) is 15.4. The van der Waals surface area contributed by atoms with Crippen LogP contribution < -0.4 is 5.32 Å². The van der Waals surface area contributed by atoms with Gasteiger partial charge in [-0.2, -0.15) is 0 Å². The Labute approximate surface area is 142 Å². The van der Waals surface area contributed by atoms with E-state index >= 15 is 0 Å². The van der Waals surface area contributed by atoms with Gasteiger partial charge in [0.1, 0.15) is 5.82 Å². The zero-order chi connectivity index (χ0) is 16.2. The fourth-order valence-electron chi connectivity index (χ4n) is 2.19. The normalized spacial score (nSPS) is 12.1. The van der Waals surface area contributed by atoms with Crippen LogP contribution in [0, 0.1) is 5.82 Å². The van der Waals surface area contributed by atoms with Crippen molar-refractivity contribution in [2.24, 2.45) is 0 Å². The third kappa shape index (κ3) is 3.69. The fraction of sp³-hybridized carbons (Fsp3) is 0.118. The molecule has 3 aromatic rings. The zero-order valence-corrected chi connectivity index (χ0v) is 13.6. The number of halogens is 2. The van der Waals surface area contributed by atoms with Crippen LogP contribution in [0.2, 0.25) is 5.02 Å². The smallest absolute Gasteiger partial charge is 0.183 e. The van der Waals surface area contributed by atoms with Crippen LogP contribution in [0.3, 0.4) is 0 Å². The topological polar surface area (TPSA) is 45.1 Å². The monoisotopic (exact) mass is 348 g/mol. The summed E-state index contributed by atoms with van der Waals surface area (Å²) in [5.41, 5.74) is 2.50. The molecule has 0 spiro atoms. The molecular weight excluding hydrogens is 335 g/mol. The lowest BCUT2D eigenvalue weighted by atomic mass is 10.1. The van der Waals surface area contributed by atoms with Crippen molar-refractivity contribution < 1.29 is 9.50 Å². The first-order chi connectivity index (χ1) is 11.2. The Bertz CT molecular complexity index is 794. The highest BCUT2D eigenvalue weighted by molar-refractivity contribution is 7.14. The number of nitrogens with zero attached hydrogens (tertiary/aromatic N) is 1. The summed E-state index contributed by atoms with van der Waals surface area (Å²) < 4.78 is 13.6. The van der Waals surface area contributed by atoms with E-state index in [4.69, 9.17) is 11.6 Å². The van der Waals surface area contributed by atoms with Crippen LogP contribution in [0.15, 0.2) is 53.9 Å². The Hall–Kier alpha value is -1.95. The number of benzene rings is 2. The van der Waals surface area contributed by atoms with Crippen LogP contribution in [0.5, 0.6) is 0 Å². The third-order valence-corrected chi connectivity index (χ3v) is 4.48. The minimum absolute atomic E-state index is 0.0612. The molecule has 0 bridgehead atoms. The van der Waals surface area contributed by atoms with Gasteiger partial charge >= 0.3 is 0 Å². The molecule has 118 valence electrons. The number of nitrogens with one attached hydrogen (secondary N) is 1. The molecule has 1 atom stereocenters. The number of hydrogen-bond acceptors (Lipinski definition) is 4. The van der Waals surface area contributed by atoms with Crippen LogP contribution in [0.25, 0.3) is 11.3 Å². The average Bonchev–Trinajstić information content (AvgIpc) is 3.05. The van der Waals surface area contributed by atoms with E-state index < -0.39 is 11.9 Å². The molecule has 3 rings (SSSR count). The van der Waals surface area contributed by atoms with Crippen LogP contribution >= 0.6 is 22.9 Å². The van der Waals surface area contributed by atoms with Gasteiger partial charge in [0.25, 0.3) is 0 Å². The van der Waals surface area contributed by atoms with E-state index in [1.54, 1.807) is 6.07 Å². The molecule has 0 fully saturated rings. The highest BCUT2D eigenvalue weighted by atomic mass is 35.5. The average molecular weight is 349 g/mol. The Morgan fingerprint density at radius 2 is 2.00 bits per heavy atom. The van der Waals surface area contributed by atoms with Crippen molar-refractivity contribution in [2.75, 3.05) is 11.9 Å². The molecule has 6 heteroatoms. The van der Waals surface area contributed by atoms with Gasteiger partial charge in [0.2, 0.25) is 0 Å². The maximum atomic E-state index is 13.6. The van der Waals surface area contributed by atoms with Gasteiger partial charge < -0.3 is 10.4 Å². The summed E-state index contributed by atoms with van der Waals surface area (Å²) in [4.78, 5) is 4.51. The van der Waals surface area contributed by atoms with Crippen LogP contribution in [0.4, 0.5) is 9.52 Å². The molecule has 1 unspecified atom stereocenters. The van der Waals surface area contributed by atoms with Gasteiger partial charge in [0.15, 0.2) is 5.13 Å². The molecule has 1 heterocycles. The van der Waals surface area contributed by atoms with E-state index in [1.807, 2.05) is 35.7 Å². The number of aliphatic hydroxyl groups is 1. The second-order valence-corrected chi connectivity index (χ2v) is 6.22. The summed E-state index contributed by atoms with van der Waals surface area (Å²) in [5.74, 6) is -0.506. The number of aliphatic hydroxyl groups excluding tert-OH is 1. The molecule has 0 aliphatic heterocycles. The molecule has 0 radical (unpaired) electrons. The molecule has 0 aliphatic rings. The van der Waals surface area contributed by atoms with Crippen molar-refractivity contribution in [3.8, 4) is 11.3 Å². The SMILES string of the molecule is OCC(Nc1nc(-c2ccccc2)cs1)c1ccc(Cl)c(F)c1. The van der Waals surface area contributed by atoms with Crippen LogP contribution in [-0.2, 0) is 0 Å². The summed E-state index contributed by atoms with van der Waals surface area (Å²) >= 11 is 7.13. The Morgan fingerprint density at radius 1 is 1.22 bits per heavy atom. The van der Waals surface area contributed by atoms with Gasteiger partial charge in [-0.05, 0) is 17.7 Å². The van der Waals surface area contributed by atoms with Crippen molar-refractivity contribution >= 4 is 28.1 Å². The first kappa shape index (κ1) is 15.9. The molecule has 1 aromatic heterocycles. The van der Waals surface area contributed by atoms with Crippen molar-refractivity contribution in [1.82, 2.24) is 4.98 Å². The van der Waals surface area contributed by atoms with Crippen molar-refractivity contribution in [3.05, 3.63) is 70.3 Å². The quantitative estimate of drug-likeness (QED) is 0.699. The van der Waals surface area contributed by atoms with Gasteiger partial charge in [-0.25, -0.2) is 9.37 Å². The van der Waals surface area contributed by atoms with E-state index in [1.165, 1.54) is 23.5 Å². The Kier molecular flexibility index (Phi) is 4.91. The van der Waals surface area contributed by atoms with Crippen molar-refractivity contribution in [3.63, 3.8) is 0 Å². The highest BCUT2D eigenvalue weighted by Crippen LogP contribution is 2.28. The molecule has 3 nitrogen and oxygen atoms in total. The van der Waals surface area contributed by atoms with E-state index in [-0.39, 0.29) is 11.6 Å². The van der Waals surface area contributed by atoms with E-state index in [0.29, 0.717) is 10.7 Å². The summed E-state index contributed by atoms with van der Waals surface area (Å²) in [6.45, 7) is -0.179. The number of thiazole rings is 1. The Balaban J connectivity index is 1.79. The van der Waals surface area contributed by atoms with Gasteiger partial charge in [-0.1, -0.05) is 48.0 Å². The predicted molar refractivity (Wildman–Crippen MR) is 92.4 cm³/mol. The van der Waals surface area contributed by atoms with Gasteiger partial charge in [0.05, 0.1) is 23.4 Å². The van der Waals surface area contributed by atoms with E-state index in [0.717, 1.165) is 11.3 Å². The maximum absolute atomic E-state index is 13.6. The van der Waals surface area contributed by atoms with Crippen LogP contribution in [-0.4, -0.2) is 16.7 Å². The number of aromatic nitrogens is 1. The highest BCUT2D eigenvalue weighted by Gasteiger charge is 2.14. The second kappa shape index (κ2) is 7.08. The zero-order valence-electron chi connectivity index (χ0n) is 12.0. The van der Waals surface area contributed by atoms with E-state index in [9.17, 15) is 9.50 Å². The predicted octanol–water partition coefficient (Wildman–Crippen LogP) is 4.75. The van der Waals surface area contributed by atoms with E-state index in [2.05, 4.69) is 10.3 Å². The Morgan fingerprint density at radius 3 is 2.70 bits per heavy atom. The molecule has 2 aromatic carbocycles. The first-order valence-corrected chi connectivity index (χ1v) is 8.26. The van der Waals surface area contributed by atoms with Crippen LogP contribution in [0.1, 0.15) is 11.6 Å². The minimum atomic E-state index is -0.506. The fourth-order valence-corrected chi connectivity index (χ4v) is 3.09. The molecule has 0 amide bonds. The molecule has 0 aliphatic carbocycles. The summed E-state index contributed by atoms with van der Waals surface area (Å²) in [6.07, 6.45) is 0. The molecular formula is C17H14ClFN2OS. The maximum Gasteiger partial charge on any atom is 0.183 e. The molecule has 23 heavy (non-hydrogen) atoms. The van der Waals surface area contributed by atoms with Gasteiger partial charge in [-0.15, -0.1) is 11.3 Å². The molecule has 0 saturated heterocycles. The lowest BCUT2D eigenvalue weighted by Gasteiger charge is -2.16. The first-order valence-electron chi connectivity index (χ1n) is 7.00. The number of hydrogen-bond donors (Lipinski definition) is 2. The lowest BCUT2D eigenvalue weighted by Crippen LogP contribution is -2.15. The largest absolute Gasteiger partial charge is 0.394 e. The van der Waals surface area contributed by atoms with Gasteiger partial charge in [0, 0.05) is 10.9 Å².